The molecule has 1 saturated heterocycles. The number of ether oxygens (including phenoxy) is 1. The first-order valence-electron chi connectivity index (χ1n) is 14.9. The van der Waals surface area contributed by atoms with Gasteiger partial charge in [0, 0.05) is 44.4 Å². The Hall–Kier alpha value is -3.96. The largest absolute Gasteiger partial charge is 0.573 e. The summed E-state index contributed by atoms with van der Waals surface area (Å²) in [5.41, 5.74) is 1.03. The number of carbonyl (C=O) groups excluding carboxylic acids is 1. The molecule has 3 heterocycles. The molecule has 0 bridgehead atoms. The predicted molar refractivity (Wildman–Crippen MR) is 165 cm³/mol. The van der Waals surface area contributed by atoms with Crippen LogP contribution in [-0.2, 0) is 34.0 Å². The van der Waals surface area contributed by atoms with Crippen LogP contribution < -0.4 is 15.0 Å². The van der Waals surface area contributed by atoms with Crippen molar-refractivity contribution in [3.63, 3.8) is 0 Å². The minimum absolute atomic E-state index is 0.0833. The van der Waals surface area contributed by atoms with Crippen LogP contribution in [-0.4, -0.2) is 60.6 Å². The first-order valence-corrected chi connectivity index (χ1v) is 17.2. The van der Waals surface area contributed by atoms with Gasteiger partial charge in [-0.2, -0.15) is 17.5 Å². The summed E-state index contributed by atoms with van der Waals surface area (Å²) < 4.78 is 110. The van der Waals surface area contributed by atoms with Crippen LogP contribution in [0.25, 0.3) is 10.2 Å². The van der Waals surface area contributed by atoms with E-state index in [1.807, 2.05) is 11.8 Å². The molecule has 48 heavy (non-hydrogen) atoms. The minimum Gasteiger partial charge on any atom is -0.406 e. The second-order valence-corrected chi connectivity index (χ2v) is 14.6. The van der Waals surface area contributed by atoms with Crippen LogP contribution in [0.2, 0.25) is 0 Å². The number of thiophene rings is 1. The number of sulfonamides is 1. The molecule has 1 aliphatic carbocycles. The summed E-state index contributed by atoms with van der Waals surface area (Å²) in [6.45, 7) is 1.70. The highest BCUT2D eigenvalue weighted by atomic mass is 32.2. The first-order chi connectivity index (χ1) is 22.6. The lowest BCUT2D eigenvalue weighted by molar-refractivity contribution is -0.274. The molecular weight excluding hydrogens is 684 g/mol. The summed E-state index contributed by atoms with van der Waals surface area (Å²) in [7, 11) is -4.44. The molecule has 6 rings (SSSR count). The van der Waals surface area contributed by atoms with Crippen LogP contribution >= 0.6 is 11.3 Å². The Kier molecular flexibility index (Phi) is 9.06. The number of aromatic nitrogens is 2. The molecule has 256 valence electrons. The Labute approximate surface area is 275 Å². The van der Waals surface area contributed by atoms with Crippen LogP contribution in [0, 0.1) is 12.8 Å². The number of fused-ring (bicyclic) bond motifs is 1. The van der Waals surface area contributed by atoms with Crippen LogP contribution in [0.3, 0.4) is 0 Å². The lowest BCUT2D eigenvalue weighted by Crippen LogP contribution is -2.60. The van der Waals surface area contributed by atoms with Gasteiger partial charge in [-0.1, -0.05) is 12.1 Å². The van der Waals surface area contributed by atoms with Crippen LogP contribution in [0.5, 0.6) is 5.75 Å². The zero-order valence-electron chi connectivity index (χ0n) is 25.3. The van der Waals surface area contributed by atoms with E-state index >= 15 is 0 Å². The van der Waals surface area contributed by atoms with Crippen molar-refractivity contribution in [3.8, 4) is 5.75 Å². The number of hydrogen-bond donors (Lipinski definition) is 1. The molecular formula is C31H29F6N5O4S2. The summed E-state index contributed by atoms with van der Waals surface area (Å²) in [5, 5.41) is 3.45. The van der Waals surface area contributed by atoms with Gasteiger partial charge in [0.15, 0.2) is 0 Å². The molecule has 1 saturated carbocycles. The van der Waals surface area contributed by atoms with E-state index in [0.29, 0.717) is 23.6 Å². The van der Waals surface area contributed by atoms with Crippen LogP contribution in [0.4, 0.5) is 31.3 Å². The molecule has 1 aliphatic heterocycles. The number of nitrogens with one attached hydrogen (secondary N) is 1. The molecule has 2 aromatic heterocycles. The van der Waals surface area contributed by atoms with Crippen molar-refractivity contribution < 1.29 is 44.3 Å². The van der Waals surface area contributed by atoms with E-state index in [1.54, 1.807) is 6.20 Å². The number of halogens is 6. The Morgan fingerprint density at radius 1 is 1.02 bits per heavy atom. The molecule has 2 aromatic carbocycles. The van der Waals surface area contributed by atoms with Gasteiger partial charge in [0.25, 0.3) is 0 Å². The van der Waals surface area contributed by atoms with E-state index in [9.17, 15) is 39.6 Å². The number of aryl methyl sites for hydroxylation is 1. The maximum Gasteiger partial charge on any atom is 0.573 e. The number of hydrogen-bond acceptors (Lipinski definition) is 8. The number of rotatable bonds is 9. The monoisotopic (exact) mass is 713 g/mol. The normalized spacial score (nSPS) is 17.9. The number of piperazine rings is 1. The molecule has 0 unspecified atom stereocenters. The van der Waals surface area contributed by atoms with Crippen molar-refractivity contribution >= 4 is 42.5 Å². The summed E-state index contributed by atoms with van der Waals surface area (Å²) in [6.07, 6.45) is -4.68. The quantitative estimate of drug-likeness (QED) is 0.210. The van der Waals surface area contributed by atoms with Gasteiger partial charge < -0.3 is 15.0 Å². The average molecular weight is 714 g/mol. The Morgan fingerprint density at radius 2 is 1.71 bits per heavy atom. The molecule has 17 heteroatoms. The Morgan fingerprint density at radius 3 is 2.33 bits per heavy atom. The smallest absolute Gasteiger partial charge is 0.406 e. The first kappa shape index (κ1) is 33.9. The van der Waals surface area contributed by atoms with Crippen molar-refractivity contribution in [1.29, 1.82) is 0 Å². The highest BCUT2D eigenvalue weighted by molar-refractivity contribution is 7.89. The molecule has 2 fully saturated rings. The van der Waals surface area contributed by atoms with Crippen molar-refractivity contribution in [1.82, 2.24) is 19.6 Å². The molecule has 1 atom stereocenters. The number of carbonyl (C=O) groups is 1. The summed E-state index contributed by atoms with van der Waals surface area (Å²) in [5.74, 6) is 0.194. The Balaban J connectivity index is 1.26. The van der Waals surface area contributed by atoms with Crippen molar-refractivity contribution in [2.45, 2.75) is 56.2 Å². The zero-order valence-corrected chi connectivity index (χ0v) is 26.9. The van der Waals surface area contributed by atoms with E-state index in [0.717, 1.165) is 74.4 Å². The molecule has 4 aromatic rings. The number of amides is 1. The molecule has 1 amide bonds. The molecule has 9 nitrogen and oxygen atoms in total. The molecule has 1 N–H and O–H groups in total. The standard InChI is InChI=1S/C31H29F6N5O4S2/c1-18-27-25(16-38-26(40-27)14-19-2-3-19)47-29(18)41-12-13-42(48(44,45)23-10-6-21(7-11-23)30(32,33)34)24(17-41)28(43)39-15-20-4-8-22(9-5-20)46-31(35,36)37/h4-11,16,19,24H,2-3,12-15,17H2,1H3,(H,39,43)/t24-/m1/s1. The van der Waals surface area contributed by atoms with E-state index < -0.39 is 50.7 Å². The average Bonchev–Trinajstić information content (AvgIpc) is 3.79. The number of anilines is 1. The van der Waals surface area contributed by atoms with Gasteiger partial charge in [0.05, 0.1) is 25.7 Å². The van der Waals surface area contributed by atoms with Crippen molar-refractivity contribution in [2.75, 3.05) is 24.5 Å². The third-order valence-electron chi connectivity index (χ3n) is 8.19. The van der Waals surface area contributed by atoms with E-state index in [1.165, 1.54) is 23.5 Å². The van der Waals surface area contributed by atoms with Gasteiger partial charge in [-0.15, -0.1) is 24.5 Å². The maximum atomic E-state index is 13.8. The van der Waals surface area contributed by atoms with Gasteiger partial charge in [0.1, 0.15) is 17.6 Å². The lowest BCUT2D eigenvalue weighted by Gasteiger charge is -2.40. The second-order valence-electron chi connectivity index (χ2n) is 11.7. The van der Waals surface area contributed by atoms with E-state index in [4.69, 9.17) is 4.98 Å². The fourth-order valence-electron chi connectivity index (χ4n) is 5.53. The van der Waals surface area contributed by atoms with Crippen LogP contribution in [0.15, 0.2) is 59.6 Å². The number of alkyl halides is 6. The van der Waals surface area contributed by atoms with Gasteiger partial charge in [-0.3, -0.25) is 4.79 Å². The van der Waals surface area contributed by atoms with Gasteiger partial charge in [-0.25, -0.2) is 18.4 Å². The lowest BCUT2D eigenvalue weighted by atomic mass is 10.1. The predicted octanol–water partition coefficient (Wildman–Crippen LogP) is 6.07. The molecule has 0 radical (unpaired) electrons. The zero-order chi connectivity index (χ0) is 34.4. The summed E-state index contributed by atoms with van der Waals surface area (Å²) in [4.78, 5) is 24.4. The second kappa shape index (κ2) is 12.8. The summed E-state index contributed by atoms with van der Waals surface area (Å²) in [6, 6.07) is 6.57. The number of nitrogens with zero attached hydrogens (tertiary/aromatic N) is 4. The minimum atomic E-state index is -4.87. The van der Waals surface area contributed by atoms with E-state index in [-0.39, 0.29) is 26.2 Å². The third-order valence-corrected chi connectivity index (χ3v) is 11.4. The third kappa shape index (κ3) is 7.52. The van der Waals surface area contributed by atoms with Crippen molar-refractivity contribution in [3.05, 3.63) is 77.2 Å². The van der Waals surface area contributed by atoms with Gasteiger partial charge in [-0.05, 0) is 67.6 Å². The SMILES string of the molecule is Cc1c(N2CCN(S(=O)(=O)c3ccc(C(F)(F)F)cc3)[C@@H](C(=O)NCc3ccc(OC(F)(F)F)cc3)C2)sc2cnc(CC3CC3)nc12. The molecule has 0 spiro atoms. The topological polar surface area (TPSA) is 105 Å². The highest BCUT2D eigenvalue weighted by Gasteiger charge is 2.41. The van der Waals surface area contributed by atoms with Gasteiger partial charge in [0.2, 0.25) is 15.9 Å². The van der Waals surface area contributed by atoms with E-state index in [2.05, 4.69) is 15.0 Å². The highest BCUT2D eigenvalue weighted by Crippen LogP contribution is 2.39. The van der Waals surface area contributed by atoms with Crippen molar-refractivity contribution in [2.24, 2.45) is 5.92 Å². The fraction of sp³-hybridized carbons (Fsp3) is 0.387. The van der Waals surface area contributed by atoms with Gasteiger partial charge >= 0.3 is 12.5 Å². The maximum absolute atomic E-state index is 13.8. The van der Waals surface area contributed by atoms with Crippen LogP contribution in [0.1, 0.15) is 35.4 Å². The molecule has 2 aliphatic rings. The number of benzene rings is 2. The Bertz CT molecular complexity index is 1910. The fourth-order valence-corrected chi connectivity index (χ4v) is 8.26. The summed E-state index contributed by atoms with van der Waals surface area (Å²) >= 11 is 1.41.